The Kier molecular flexibility index (Phi) is 18.3. The van der Waals surface area contributed by atoms with E-state index < -0.39 is 0 Å². The monoisotopic (exact) mass is 413 g/mol. The van der Waals surface area contributed by atoms with E-state index in [1.54, 1.807) is 6.08 Å². The fraction of sp³-hybridized carbons (Fsp3) is 0.679. The lowest BCUT2D eigenvalue weighted by Crippen LogP contribution is -1.92. The zero-order valence-corrected chi connectivity index (χ0v) is 19.8. The Morgan fingerprint density at radius 1 is 0.700 bits per heavy atom. The summed E-state index contributed by atoms with van der Waals surface area (Å²) < 4.78 is 5.49. The SMILES string of the molecule is C=CCOc1ccc(C=NCCCCCCCCCCCCCCCCCC)cc1. The second-order valence-electron chi connectivity index (χ2n) is 8.51. The van der Waals surface area contributed by atoms with Gasteiger partial charge in [-0.1, -0.05) is 116 Å². The third kappa shape index (κ3) is 16.3. The first kappa shape index (κ1) is 26.5. The van der Waals surface area contributed by atoms with Crippen LogP contribution >= 0.6 is 0 Å². The third-order valence-corrected chi connectivity index (χ3v) is 5.63. The van der Waals surface area contributed by atoms with Crippen LogP contribution in [0.4, 0.5) is 0 Å². The Hall–Kier alpha value is -1.57. The Morgan fingerprint density at radius 3 is 1.63 bits per heavy atom. The van der Waals surface area contributed by atoms with E-state index in [2.05, 4.69) is 30.6 Å². The number of ether oxygens (including phenoxy) is 1. The van der Waals surface area contributed by atoms with Gasteiger partial charge in [0.2, 0.25) is 0 Å². The van der Waals surface area contributed by atoms with Gasteiger partial charge in [0.25, 0.3) is 0 Å². The van der Waals surface area contributed by atoms with E-state index in [4.69, 9.17) is 4.74 Å². The molecule has 0 atom stereocenters. The second kappa shape index (κ2) is 20.7. The molecule has 0 unspecified atom stereocenters. The molecule has 0 bridgehead atoms. The minimum atomic E-state index is 0.548. The summed E-state index contributed by atoms with van der Waals surface area (Å²) in [6.07, 6.45) is 26.3. The standard InChI is InChI=1S/C28H47NO/c1-3-5-6-7-8-9-10-11-12-13-14-15-16-17-18-19-24-29-26-27-20-22-28(23-21-27)30-25-4-2/h4,20-23,26H,2-3,5-19,24-25H2,1H3. The summed E-state index contributed by atoms with van der Waals surface area (Å²) in [5, 5.41) is 0. The molecule has 30 heavy (non-hydrogen) atoms. The number of nitrogens with zero attached hydrogens (tertiary/aromatic N) is 1. The first-order valence-corrected chi connectivity index (χ1v) is 12.7. The average molecular weight is 414 g/mol. The summed E-state index contributed by atoms with van der Waals surface area (Å²) >= 11 is 0. The molecule has 0 aliphatic rings. The van der Waals surface area contributed by atoms with Gasteiger partial charge in [-0.2, -0.15) is 0 Å². The molecule has 0 aliphatic heterocycles. The lowest BCUT2D eigenvalue weighted by Gasteiger charge is -2.03. The molecule has 1 rings (SSSR count). The van der Waals surface area contributed by atoms with Crippen LogP contribution in [0.15, 0.2) is 41.9 Å². The highest BCUT2D eigenvalue weighted by Crippen LogP contribution is 2.14. The van der Waals surface area contributed by atoms with Crippen LogP contribution in [0, 0.1) is 0 Å². The van der Waals surface area contributed by atoms with Crippen LogP contribution in [-0.2, 0) is 0 Å². The summed E-state index contributed by atoms with van der Waals surface area (Å²) in [6, 6.07) is 8.07. The Balaban J connectivity index is 1.83. The van der Waals surface area contributed by atoms with Crippen LogP contribution in [0.25, 0.3) is 0 Å². The Labute approximate surface area is 187 Å². The second-order valence-corrected chi connectivity index (χ2v) is 8.51. The summed E-state index contributed by atoms with van der Waals surface area (Å²) in [7, 11) is 0. The fourth-order valence-corrected chi connectivity index (χ4v) is 3.73. The van der Waals surface area contributed by atoms with Crippen molar-refractivity contribution in [2.45, 2.75) is 110 Å². The molecule has 0 fully saturated rings. The van der Waals surface area contributed by atoms with Crippen LogP contribution < -0.4 is 4.74 Å². The number of hydrogen-bond donors (Lipinski definition) is 0. The van der Waals surface area contributed by atoms with Crippen molar-refractivity contribution in [1.29, 1.82) is 0 Å². The van der Waals surface area contributed by atoms with Crippen molar-refractivity contribution < 1.29 is 4.74 Å². The van der Waals surface area contributed by atoms with Gasteiger partial charge in [-0.3, -0.25) is 4.99 Å². The molecule has 0 saturated carbocycles. The fourth-order valence-electron chi connectivity index (χ4n) is 3.73. The molecular formula is C28H47NO. The smallest absolute Gasteiger partial charge is 0.119 e. The van der Waals surface area contributed by atoms with Crippen LogP contribution in [0.1, 0.15) is 115 Å². The molecule has 0 aromatic heterocycles. The predicted octanol–water partition coefficient (Wildman–Crippen LogP) is 8.93. The van der Waals surface area contributed by atoms with E-state index in [-0.39, 0.29) is 0 Å². The van der Waals surface area contributed by atoms with E-state index in [0.717, 1.165) is 17.9 Å². The number of aliphatic imine (C=N–C) groups is 1. The first-order chi connectivity index (χ1) is 14.9. The summed E-state index contributed by atoms with van der Waals surface area (Å²) in [5.41, 5.74) is 1.14. The predicted molar refractivity (Wildman–Crippen MR) is 134 cm³/mol. The Bertz CT molecular complexity index is 520. The number of unbranched alkanes of at least 4 members (excludes halogenated alkanes) is 15. The summed E-state index contributed by atoms with van der Waals surface area (Å²) in [4.78, 5) is 4.55. The average Bonchev–Trinajstić information content (AvgIpc) is 2.77. The molecule has 1 aromatic rings. The van der Waals surface area contributed by atoms with E-state index in [1.807, 2.05) is 18.3 Å². The molecule has 0 N–H and O–H groups in total. The number of hydrogen-bond acceptors (Lipinski definition) is 2. The van der Waals surface area contributed by atoms with Crippen molar-refractivity contribution in [3.8, 4) is 5.75 Å². The maximum Gasteiger partial charge on any atom is 0.119 e. The first-order valence-electron chi connectivity index (χ1n) is 12.7. The van der Waals surface area contributed by atoms with Gasteiger partial charge in [-0.15, -0.1) is 0 Å². The van der Waals surface area contributed by atoms with Crippen molar-refractivity contribution in [2.24, 2.45) is 4.99 Å². The van der Waals surface area contributed by atoms with Crippen molar-refractivity contribution in [1.82, 2.24) is 0 Å². The molecule has 1 aromatic carbocycles. The molecule has 0 aliphatic carbocycles. The number of rotatable bonds is 21. The van der Waals surface area contributed by atoms with Gasteiger partial charge < -0.3 is 4.74 Å². The zero-order chi connectivity index (χ0) is 21.5. The molecule has 2 heteroatoms. The highest BCUT2D eigenvalue weighted by atomic mass is 16.5. The molecule has 0 radical (unpaired) electrons. The van der Waals surface area contributed by atoms with Crippen molar-refractivity contribution >= 4 is 6.21 Å². The van der Waals surface area contributed by atoms with Gasteiger partial charge in [0, 0.05) is 12.8 Å². The van der Waals surface area contributed by atoms with E-state index in [9.17, 15) is 0 Å². The van der Waals surface area contributed by atoms with Crippen LogP contribution in [0.5, 0.6) is 5.75 Å². The van der Waals surface area contributed by atoms with Gasteiger partial charge in [-0.25, -0.2) is 0 Å². The highest BCUT2D eigenvalue weighted by molar-refractivity contribution is 5.79. The quantitative estimate of drug-likeness (QED) is 0.112. The van der Waals surface area contributed by atoms with Crippen LogP contribution in [0.3, 0.4) is 0 Å². The topological polar surface area (TPSA) is 21.6 Å². The molecule has 0 spiro atoms. The van der Waals surface area contributed by atoms with Crippen LogP contribution in [-0.4, -0.2) is 19.4 Å². The minimum absolute atomic E-state index is 0.548. The van der Waals surface area contributed by atoms with Crippen LogP contribution in [0.2, 0.25) is 0 Å². The lowest BCUT2D eigenvalue weighted by molar-refractivity contribution is 0.363. The van der Waals surface area contributed by atoms with Gasteiger partial charge >= 0.3 is 0 Å². The highest BCUT2D eigenvalue weighted by Gasteiger charge is 1.95. The molecule has 170 valence electrons. The summed E-state index contributed by atoms with van der Waals surface area (Å²) in [5.74, 6) is 0.879. The maximum absolute atomic E-state index is 5.49. The van der Waals surface area contributed by atoms with E-state index in [1.165, 1.54) is 103 Å². The van der Waals surface area contributed by atoms with Gasteiger partial charge in [0.1, 0.15) is 12.4 Å². The van der Waals surface area contributed by atoms with Crippen molar-refractivity contribution in [3.05, 3.63) is 42.5 Å². The lowest BCUT2D eigenvalue weighted by atomic mass is 10.0. The molecule has 2 nitrogen and oxygen atoms in total. The zero-order valence-electron chi connectivity index (χ0n) is 19.8. The van der Waals surface area contributed by atoms with E-state index >= 15 is 0 Å². The number of benzene rings is 1. The van der Waals surface area contributed by atoms with Crippen molar-refractivity contribution in [3.63, 3.8) is 0 Å². The Morgan fingerprint density at radius 2 is 1.17 bits per heavy atom. The normalized spacial score (nSPS) is 11.2. The van der Waals surface area contributed by atoms with Crippen molar-refractivity contribution in [2.75, 3.05) is 13.2 Å². The van der Waals surface area contributed by atoms with Gasteiger partial charge in [0.15, 0.2) is 0 Å². The third-order valence-electron chi connectivity index (χ3n) is 5.63. The van der Waals surface area contributed by atoms with E-state index in [0.29, 0.717) is 6.61 Å². The molecule has 0 saturated heterocycles. The minimum Gasteiger partial charge on any atom is -0.490 e. The van der Waals surface area contributed by atoms with Gasteiger partial charge in [-0.05, 0) is 36.2 Å². The largest absolute Gasteiger partial charge is 0.490 e. The summed E-state index contributed by atoms with van der Waals surface area (Å²) in [6.45, 7) is 7.43. The maximum atomic E-state index is 5.49. The molecule has 0 heterocycles. The molecule has 0 amide bonds. The van der Waals surface area contributed by atoms with Gasteiger partial charge in [0.05, 0.1) is 0 Å². The molecular weight excluding hydrogens is 366 g/mol.